The van der Waals surface area contributed by atoms with Crippen LogP contribution in [0.2, 0.25) is 0 Å². The molecule has 1 unspecified atom stereocenters. The van der Waals surface area contributed by atoms with Crippen molar-refractivity contribution in [1.82, 2.24) is 14.8 Å². The van der Waals surface area contributed by atoms with Crippen molar-refractivity contribution < 1.29 is 18.7 Å². The van der Waals surface area contributed by atoms with Crippen LogP contribution >= 0.6 is 11.3 Å². The van der Waals surface area contributed by atoms with Gasteiger partial charge >= 0.3 is 0 Å². The van der Waals surface area contributed by atoms with Crippen molar-refractivity contribution in [2.45, 2.75) is 19.3 Å². The molecule has 0 aromatic carbocycles. The molecule has 2 aromatic rings. The zero-order valence-corrected chi connectivity index (χ0v) is 16.0. The van der Waals surface area contributed by atoms with Gasteiger partial charge in [0, 0.05) is 31.6 Å². The molecule has 8 heteroatoms. The van der Waals surface area contributed by atoms with Gasteiger partial charge in [0.05, 0.1) is 37.5 Å². The molecule has 2 aromatic heterocycles. The van der Waals surface area contributed by atoms with Crippen molar-refractivity contribution >= 4 is 23.2 Å². The Labute approximate surface area is 161 Å². The summed E-state index contributed by atoms with van der Waals surface area (Å²) in [6.07, 6.45) is 3.58. The van der Waals surface area contributed by atoms with Crippen LogP contribution < -0.4 is 0 Å². The number of ether oxygens (including phenoxy) is 1. The van der Waals surface area contributed by atoms with Crippen LogP contribution in [0.4, 0.5) is 0 Å². The summed E-state index contributed by atoms with van der Waals surface area (Å²) in [5.74, 6) is 0.804. The molecule has 0 N–H and O–H groups in total. The number of carbonyl (C=O) groups excluding carboxylic acids is 2. The molecule has 0 spiro atoms. The normalized spacial score (nSPS) is 20.7. The highest BCUT2D eigenvalue weighted by atomic mass is 32.1. The Balaban J connectivity index is 1.35. The molecule has 0 aliphatic carbocycles. The minimum Gasteiger partial charge on any atom is -0.462 e. The quantitative estimate of drug-likeness (QED) is 0.800. The number of amides is 2. The highest BCUT2D eigenvalue weighted by Crippen LogP contribution is 2.25. The maximum atomic E-state index is 12.7. The summed E-state index contributed by atoms with van der Waals surface area (Å²) in [4.78, 5) is 33.6. The highest BCUT2D eigenvalue weighted by Gasteiger charge is 2.32. The smallest absolute Gasteiger partial charge is 0.228 e. The van der Waals surface area contributed by atoms with E-state index in [1.54, 1.807) is 6.26 Å². The SMILES string of the molecule is O=C(Cc1csc(-c2ccco2)n1)N1CCCC(C(=O)N2CCOCC2)C1. The number of furan rings is 1. The Morgan fingerprint density at radius 3 is 2.85 bits per heavy atom. The first-order valence-electron chi connectivity index (χ1n) is 9.33. The van der Waals surface area contributed by atoms with Gasteiger partial charge in [-0.2, -0.15) is 0 Å². The second-order valence-corrected chi connectivity index (χ2v) is 7.77. The third-order valence-corrected chi connectivity index (χ3v) is 5.97. The van der Waals surface area contributed by atoms with E-state index in [-0.39, 0.29) is 24.2 Å². The molecule has 1 atom stereocenters. The maximum Gasteiger partial charge on any atom is 0.228 e. The molecule has 2 aliphatic heterocycles. The third-order valence-electron chi connectivity index (χ3n) is 5.06. The van der Waals surface area contributed by atoms with Crippen LogP contribution in [0, 0.1) is 5.92 Å². The molecular weight excluding hydrogens is 366 g/mol. The van der Waals surface area contributed by atoms with E-state index in [1.807, 2.05) is 27.3 Å². The average Bonchev–Trinajstić information content (AvgIpc) is 3.40. The van der Waals surface area contributed by atoms with Crippen molar-refractivity contribution in [3.8, 4) is 10.8 Å². The summed E-state index contributed by atoms with van der Waals surface area (Å²) in [6, 6.07) is 3.68. The molecule has 4 heterocycles. The van der Waals surface area contributed by atoms with Gasteiger partial charge in [0.1, 0.15) is 0 Å². The fourth-order valence-electron chi connectivity index (χ4n) is 3.62. The minimum absolute atomic E-state index is 0.0331. The van der Waals surface area contributed by atoms with E-state index in [9.17, 15) is 9.59 Å². The predicted molar refractivity (Wildman–Crippen MR) is 100 cm³/mol. The molecule has 2 fully saturated rings. The summed E-state index contributed by atoms with van der Waals surface area (Å²) in [6.45, 7) is 3.71. The fraction of sp³-hybridized carbons (Fsp3) is 0.526. The standard InChI is InChI=1S/C19H23N3O4S/c23-17(11-15-13-27-18(20-15)16-4-2-8-26-16)22-5-1-3-14(12-22)19(24)21-6-9-25-10-7-21/h2,4,8,13-14H,1,3,5-7,9-12H2. The maximum absolute atomic E-state index is 12.7. The van der Waals surface area contributed by atoms with Gasteiger partial charge in [0.25, 0.3) is 0 Å². The van der Waals surface area contributed by atoms with Crippen LogP contribution in [0.15, 0.2) is 28.2 Å². The Hall–Kier alpha value is -2.19. The van der Waals surface area contributed by atoms with Gasteiger partial charge in [-0.1, -0.05) is 0 Å². The first kappa shape index (κ1) is 18.2. The number of thiazole rings is 1. The molecule has 4 rings (SSSR count). The van der Waals surface area contributed by atoms with E-state index >= 15 is 0 Å². The molecule has 2 saturated heterocycles. The average molecular weight is 389 g/mol. The molecule has 2 aliphatic rings. The van der Waals surface area contributed by atoms with Crippen molar-refractivity contribution in [3.63, 3.8) is 0 Å². The topological polar surface area (TPSA) is 75.9 Å². The third kappa shape index (κ3) is 4.22. The Morgan fingerprint density at radius 2 is 2.07 bits per heavy atom. The van der Waals surface area contributed by atoms with E-state index in [4.69, 9.17) is 9.15 Å². The van der Waals surface area contributed by atoms with Crippen LogP contribution in [0.1, 0.15) is 18.5 Å². The lowest BCUT2D eigenvalue weighted by Gasteiger charge is -2.36. The summed E-state index contributed by atoms with van der Waals surface area (Å²) < 4.78 is 10.7. The number of nitrogens with zero attached hydrogens (tertiary/aromatic N) is 3. The van der Waals surface area contributed by atoms with Crippen molar-refractivity contribution in [1.29, 1.82) is 0 Å². The summed E-state index contributed by atoms with van der Waals surface area (Å²) in [7, 11) is 0. The molecule has 2 amide bonds. The van der Waals surface area contributed by atoms with Crippen molar-refractivity contribution in [2.24, 2.45) is 5.92 Å². The van der Waals surface area contributed by atoms with E-state index in [0.29, 0.717) is 45.2 Å². The molecule has 144 valence electrons. The Bertz CT molecular complexity index is 783. The van der Waals surface area contributed by atoms with Crippen molar-refractivity contribution in [3.05, 3.63) is 29.5 Å². The van der Waals surface area contributed by atoms with Gasteiger partial charge in [-0.25, -0.2) is 4.98 Å². The number of hydrogen-bond donors (Lipinski definition) is 0. The number of carbonyl (C=O) groups is 2. The molecule has 7 nitrogen and oxygen atoms in total. The highest BCUT2D eigenvalue weighted by molar-refractivity contribution is 7.13. The van der Waals surface area contributed by atoms with E-state index in [0.717, 1.165) is 23.5 Å². The van der Waals surface area contributed by atoms with Crippen LogP contribution in [0.5, 0.6) is 0 Å². The van der Waals surface area contributed by atoms with Crippen LogP contribution in [0.25, 0.3) is 10.8 Å². The first-order chi connectivity index (χ1) is 13.2. The van der Waals surface area contributed by atoms with Crippen LogP contribution in [-0.2, 0) is 20.7 Å². The predicted octanol–water partition coefficient (Wildman–Crippen LogP) is 2.04. The Kier molecular flexibility index (Phi) is 5.54. The minimum atomic E-state index is -0.102. The van der Waals surface area contributed by atoms with E-state index < -0.39 is 0 Å². The number of morpholine rings is 1. The zero-order chi connectivity index (χ0) is 18.6. The van der Waals surface area contributed by atoms with Crippen LogP contribution in [-0.4, -0.2) is 66.0 Å². The van der Waals surface area contributed by atoms with E-state index in [1.165, 1.54) is 11.3 Å². The van der Waals surface area contributed by atoms with Crippen LogP contribution in [0.3, 0.4) is 0 Å². The monoisotopic (exact) mass is 389 g/mol. The number of hydrogen-bond acceptors (Lipinski definition) is 6. The van der Waals surface area contributed by atoms with Gasteiger partial charge in [-0.3, -0.25) is 9.59 Å². The zero-order valence-electron chi connectivity index (χ0n) is 15.1. The van der Waals surface area contributed by atoms with Crippen molar-refractivity contribution in [2.75, 3.05) is 39.4 Å². The molecule has 0 bridgehead atoms. The second kappa shape index (κ2) is 8.22. The summed E-state index contributed by atoms with van der Waals surface area (Å²) >= 11 is 1.47. The number of likely N-dealkylation sites (tertiary alicyclic amines) is 1. The Morgan fingerprint density at radius 1 is 1.22 bits per heavy atom. The number of rotatable bonds is 4. The lowest BCUT2D eigenvalue weighted by molar-refractivity contribution is -0.143. The molecule has 0 saturated carbocycles. The van der Waals surface area contributed by atoms with Gasteiger partial charge in [-0.15, -0.1) is 11.3 Å². The lowest BCUT2D eigenvalue weighted by atomic mass is 9.96. The van der Waals surface area contributed by atoms with Gasteiger partial charge < -0.3 is 19.0 Å². The van der Waals surface area contributed by atoms with E-state index in [2.05, 4.69) is 4.98 Å². The number of aromatic nitrogens is 1. The first-order valence-corrected chi connectivity index (χ1v) is 10.2. The fourth-order valence-corrected chi connectivity index (χ4v) is 4.40. The number of piperidine rings is 1. The molecule has 0 radical (unpaired) electrons. The second-order valence-electron chi connectivity index (χ2n) is 6.91. The lowest BCUT2D eigenvalue weighted by Crippen LogP contribution is -2.49. The van der Waals surface area contributed by atoms with Gasteiger partial charge in [0.15, 0.2) is 10.8 Å². The van der Waals surface area contributed by atoms with Gasteiger partial charge in [-0.05, 0) is 25.0 Å². The van der Waals surface area contributed by atoms with Gasteiger partial charge in [0.2, 0.25) is 11.8 Å². The largest absolute Gasteiger partial charge is 0.462 e. The molecule has 27 heavy (non-hydrogen) atoms. The summed E-state index contributed by atoms with van der Waals surface area (Å²) in [5.41, 5.74) is 0.748. The summed E-state index contributed by atoms with van der Waals surface area (Å²) in [5, 5.41) is 2.68. The molecular formula is C19H23N3O4S.